The van der Waals surface area contributed by atoms with Crippen LogP contribution in [0.3, 0.4) is 0 Å². The molecule has 1 aromatic carbocycles. The van der Waals surface area contributed by atoms with E-state index in [1.807, 2.05) is 55.1 Å². The molecule has 31 heavy (non-hydrogen) atoms. The quantitative estimate of drug-likeness (QED) is 0.548. The molecule has 0 bridgehead atoms. The van der Waals surface area contributed by atoms with E-state index in [0.29, 0.717) is 17.9 Å². The molecule has 4 heterocycles. The van der Waals surface area contributed by atoms with Crippen LogP contribution in [0.1, 0.15) is 46.3 Å². The van der Waals surface area contributed by atoms with Gasteiger partial charge in [0.2, 0.25) is 0 Å². The fourth-order valence-corrected chi connectivity index (χ4v) is 4.24. The largest absolute Gasteiger partial charge is 0.341 e. The van der Waals surface area contributed by atoms with Crippen molar-refractivity contribution in [2.75, 3.05) is 13.1 Å². The second-order valence-electron chi connectivity index (χ2n) is 8.15. The highest BCUT2D eigenvalue weighted by Crippen LogP contribution is 2.29. The topological polar surface area (TPSA) is 87.7 Å². The molecule has 7 heteroatoms. The first kappa shape index (κ1) is 19.4. The summed E-state index contributed by atoms with van der Waals surface area (Å²) in [4.78, 5) is 36.5. The first-order valence-corrected chi connectivity index (χ1v) is 10.6. The minimum atomic E-state index is 0.0237. The van der Waals surface area contributed by atoms with Crippen LogP contribution in [0.2, 0.25) is 0 Å². The number of nitrogens with zero attached hydrogens (tertiary/aromatic N) is 5. The number of aromatic nitrogens is 5. The van der Waals surface area contributed by atoms with Crippen LogP contribution in [0.15, 0.2) is 48.8 Å². The zero-order valence-corrected chi connectivity index (χ0v) is 17.7. The Labute approximate surface area is 180 Å². The lowest BCUT2D eigenvalue weighted by Crippen LogP contribution is -2.39. The Hall–Kier alpha value is -3.61. The van der Waals surface area contributed by atoms with Crippen molar-refractivity contribution in [3.8, 4) is 11.5 Å². The molecule has 0 unspecified atom stereocenters. The molecule has 1 aliphatic rings. The number of pyridine rings is 1. The Morgan fingerprint density at radius 2 is 1.97 bits per heavy atom. The summed E-state index contributed by atoms with van der Waals surface area (Å²) in [5.41, 5.74) is 4.27. The van der Waals surface area contributed by atoms with Gasteiger partial charge in [-0.25, -0.2) is 15.0 Å². The maximum absolute atomic E-state index is 13.2. The molecule has 1 fully saturated rings. The van der Waals surface area contributed by atoms with Crippen LogP contribution in [0.4, 0.5) is 0 Å². The minimum Gasteiger partial charge on any atom is -0.341 e. The zero-order chi connectivity index (χ0) is 21.4. The molecule has 0 radical (unpaired) electrons. The summed E-state index contributed by atoms with van der Waals surface area (Å²) in [5, 5.41) is 0.978. The van der Waals surface area contributed by atoms with E-state index < -0.39 is 0 Å². The number of carbonyl (C=O) groups is 1. The maximum atomic E-state index is 13.2. The number of amides is 1. The summed E-state index contributed by atoms with van der Waals surface area (Å²) in [6.45, 7) is 5.25. The number of hydrogen-bond acceptors (Lipinski definition) is 5. The Morgan fingerprint density at radius 1 is 1.10 bits per heavy atom. The first-order chi connectivity index (χ1) is 15.1. The van der Waals surface area contributed by atoms with Crippen LogP contribution in [-0.2, 0) is 0 Å². The van der Waals surface area contributed by atoms with E-state index in [2.05, 4.69) is 19.9 Å². The van der Waals surface area contributed by atoms with E-state index in [1.54, 1.807) is 12.4 Å². The van der Waals surface area contributed by atoms with Gasteiger partial charge in [0.05, 0.1) is 11.1 Å². The summed E-state index contributed by atoms with van der Waals surface area (Å²) in [5.74, 6) is 1.65. The van der Waals surface area contributed by atoms with Crippen LogP contribution in [0, 0.1) is 13.8 Å². The van der Waals surface area contributed by atoms with Crippen LogP contribution in [0.5, 0.6) is 0 Å². The average molecular weight is 412 g/mol. The molecule has 4 aromatic rings. The highest BCUT2D eigenvalue weighted by atomic mass is 16.2. The molecule has 1 saturated heterocycles. The number of carbonyl (C=O) groups excluding carboxylic acids is 1. The zero-order valence-electron chi connectivity index (χ0n) is 17.7. The van der Waals surface area contributed by atoms with Crippen molar-refractivity contribution in [3.05, 3.63) is 71.6 Å². The fraction of sp³-hybridized carbons (Fsp3) is 0.292. The van der Waals surface area contributed by atoms with E-state index >= 15 is 0 Å². The summed E-state index contributed by atoms with van der Waals surface area (Å²) >= 11 is 0. The number of nitrogens with one attached hydrogen (secondary N) is 1. The van der Waals surface area contributed by atoms with Crippen molar-refractivity contribution in [2.24, 2.45) is 0 Å². The van der Waals surface area contributed by atoms with Gasteiger partial charge in [0.15, 0.2) is 5.82 Å². The van der Waals surface area contributed by atoms with Crippen molar-refractivity contribution >= 4 is 16.8 Å². The number of fused-ring (bicyclic) bond motifs is 1. The lowest BCUT2D eigenvalue weighted by atomic mass is 9.93. The number of piperidine rings is 1. The number of aryl methyl sites for hydroxylation is 2. The van der Waals surface area contributed by atoms with Crippen LogP contribution < -0.4 is 0 Å². The third-order valence-electron chi connectivity index (χ3n) is 5.77. The summed E-state index contributed by atoms with van der Waals surface area (Å²) in [7, 11) is 0. The number of para-hydroxylation sites is 1. The van der Waals surface area contributed by atoms with Crippen molar-refractivity contribution in [3.63, 3.8) is 0 Å². The lowest BCUT2D eigenvalue weighted by molar-refractivity contribution is 0.0705. The highest BCUT2D eigenvalue weighted by molar-refractivity contribution is 5.97. The molecule has 0 aliphatic carbocycles. The normalized spacial score (nSPS) is 16.6. The van der Waals surface area contributed by atoms with Crippen LogP contribution >= 0.6 is 0 Å². The van der Waals surface area contributed by atoms with Crippen molar-refractivity contribution in [1.29, 1.82) is 0 Å². The van der Waals surface area contributed by atoms with Gasteiger partial charge in [-0.3, -0.25) is 9.78 Å². The highest BCUT2D eigenvalue weighted by Gasteiger charge is 2.27. The van der Waals surface area contributed by atoms with Crippen LogP contribution in [0.25, 0.3) is 22.4 Å². The van der Waals surface area contributed by atoms with Gasteiger partial charge in [0.25, 0.3) is 5.91 Å². The smallest absolute Gasteiger partial charge is 0.255 e. The predicted molar refractivity (Wildman–Crippen MR) is 119 cm³/mol. The molecule has 0 saturated carbocycles. The fourth-order valence-electron chi connectivity index (χ4n) is 4.24. The van der Waals surface area contributed by atoms with Gasteiger partial charge >= 0.3 is 0 Å². The number of imidazole rings is 1. The number of benzene rings is 1. The van der Waals surface area contributed by atoms with Crippen molar-refractivity contribution in [1.82, 2.24) is 29.8 Å². The molecule has 0 spiro atoms. The van der Waals surface area contributed by atoms with E-state index in [4.69, 9.17) is 4.98 Å². The number of aromatic amines is 1. The third kappa shape index (κ3) is 3.91. The average Bonchev–Trinajstić information content (AvgIpc) is 3.24. The second kappa shape index (κ2) is 7.91. The molecular weight excluding hydrogens is 388 g/mol. The third-order valence-corrected chi connectivity index (χ3v) is 5.77. The molecule has 1 amide bonds. The van der Waals surface area contributed by atoms with E-state index in [9.17, 15) is 4.79 Å². The van der Waals surface area contributed by atoms with Crippen LogP contribution in [-0.4, -0.2) is 48.8 Å². The van der Waals surface area contributed by atoms with Crippen molar-refractivity contribution < 1.29 is 4.79 Å². The summed E-state index contributed by atoms with van der Waals surface area (Å²) in [6.07, 6.45) is 5.41. The molecule has 1 aliphatic heterocycles. The molecule has 156 valence electrons. The van der Waals surface area contributed by atoms with Gasteiger partial charge in [0, 0.05) is 48.2 Å². The monoisotopic (exact) mass is 412 g/mol. The number of rotatable bonds is 3. The van der Waals surface area contributed by atoms with E-state index in [-0.39, 0.29) is 11.8 Å². The van der Waals surface area contributed by atoms with Gasteiger partial charge in [0.1, 0.15) is 11.5 Å². The molecule has 5 rings (SSSR count). The minimum absolute atomic E-state index is 0.0237. The number of hydrogen-bond donors (Lipinski definition) is 1. The van der Waals surface area contributed by atoms with E-state index in [1.165, 1.54) is 0 Å². The van der Waals surface area contributed by atoms with Crippen molar-refractivity contribution in [2.45, 2.75) is 32.6 Å². The standard InChI is InChI=1S/C24H24N6O/c1-15-12-26-23(27-15)22-11-21(28-16(2)29-22)18-7-5-9-30(14-18)24(31)19-10-17-6-3-4-8-20(17)25-13-19/h3-4,6,8,10-13,18H,5,7,9,14H2,1-2H3,(H,26,27)/t18-/m1/s1. The van der Waals surface area contributed by atoms with Gasteiger partial charge in [-0.2, -0.15) is 0 Å². The summed E-state index contributed by atoms with van der Waals surface area (Å²) < 4.78 is 0. The first-order valence-electron chi connectivity index (χ1n) is 10.6. The molecule has 3 aromatic heterocycles. The molecular formula is C24H24N6O. The number of likely N-dealkylation sites (tertiary alicyclic amines) is 1. The Morgan fingerprint density at radius 3 is 2.81 bits per heavy atom. The van der Waals surface area contributed by atoms with E-state index in [0.717, 1.165) is 53.2 Å². The molecule has 1 atom stereocenters. The SMILES string of the molecule is Cc1nc(-c2ncc(C)[nH]2)cc([C@@H]2CCCN(C(=O)c3cnc4ccccc4c3)C2)n1. The molecule has 1 N–H and O–H groups in total. The molecule has 7 nitrogen and oxygen atoms in total. The van der Waals surface area contributed by atoms with Gasteiger partial charge in [-0.15, -0.1) is 0 Å². The lowest BCUT2D eigenvalue weighted by Gasteiger charge is -2.32. The predicted octanol–water partition coefficient (Wildman–Crippen LogP) is 4.05. The second-order valence-corrected chi connectivity index (χ2v) is 8.15. The number of H-pyrrole nitrogens is 1. The Balaban J connectivity index is 1.40. The van der Waals surface area contributed by atoms with Gasteiger partial charge < -0.3 is 9.88 Å². The van der Waals surface area contributed by atoms with Gasteiger partial charge in [-0.05, 0) is 44.9 Å². The Bertz CT molecular complexity index is 1260. The maximum Gasteiger partial charge on any atom is 0.255 e. The summed E-state index contributed by atoms with van der Waals surface area (Å²) in [6, 6.07) is 11.8. The van der Waals surface area contributed by atoms with Gasteiger partial charge in [-0.1, -0.05) is 18.2 Å². The Kier molecular flexibility index (Phi) is 4.94.